The van der Waals surface area contributed by atoms with Gasteiger partial charge in [-0.05, 0) is 36.7 Å². The zero-order valence-corrected chi connectivity index (χ0v) is 18.3. The van der Waals surface area contributed by atoms with E-state index in [-0.39, 0.29) is 59.0 Å². The summed E-state index contributed by atoms with van der Waals surface area (Å²) in [6.07, 6.45) is 4.99. The first-order valence-corrected chi connectivity index (χ1v) is 9.73. The van der Waals surface area contributed by atoms with Gasteiger partial charge < -0.3 is 14.6 Å². The molecule has 3 atom stereocenters. The first kappa shape index (κ1) is 19.8. The van der Waals surface area contributed by atoms with E-state index in [1.165, 1.54) is 29.2 Å². The molecule has 28 heavy (non-hydrogen) atoms. The number of amides is 1. The quantitative estimate of drug-likeness (QED) is 0.231. The molecule has 2 bridgehead atoms. The molecule has 2 unspecified atom stereocenters. The molecule has 2 aliphatic heterocycles. The largest absolute Gasteiger partial charge is 1.00 e. The van der Waals surface area contributed by atoms with Crippen LogP contribution in [0.25, 0.3) is 6.08 Å². The Morgan fingerprint density at radius 3 is 2.86 bits per heavy atom. The molecule has 140 valence electrons. The number of carbonyl (C=O) groups is 3. The Bertz CT molecular complexity index is 969. The summed E-state index contributed by atoms with van der Waals surface area (Å²) in [6.45, 7) is 0.0554. The number of ether oxygens (including phenoxy) is 1. The molecule has 5 rings (SSSR count). The summed E-state index contributed by atoms with van der Waals surface area (Å²) in [5.41, 5.74) is 3.37. The molecule has 0 radical (unpaired) electrons. The standard InChI is InChI=1S/C18H17N3O5S.Na/c1-26-13(22)6-20-15-9-3-2-8(4-9)14(15)11(19-20)5-10-16(23)21-12(18(24)25)7-27-17(10)21;/h5,7-9,17H,2-4,6H2,1H3,(H,24,25);/q;+1/p-1/t8?,9?,17-;/m1./s1. The van der Waals surface area contributed by atoms with Crippen molar-refractivity contribution in [1.29, 1.82) is 0 Å². The van der Waals surface area contributed by atoms with Gasteiger partial charge in [-0.15, -0.1) is 11.8 Å². The predicted octanol–water partition coefficient (Wildman–Crippen LogP) is -2.69. The minimum Gasteiger partial charge on any atom is -0.543 e. The van der Waals surface area contributed by atoms with Gasteiger partial charge in [0.15, 0.2) is 0 Å². The number of carboxylic acid groups (broad SMARTS) is 1. The Hall–Kier alpha value is -1.55. The number of carbonyl (C=O) groups excluding carboxylic acids is 3. The normalized spacial score (nSPS) is 27.8. The zero-order valence-electron chi connectivity index (χ0n) is 15.5. The van der Waals surface area contributed by atoms with Gasteiger partial charge in [0.25, 0.3) is 5.91 Å². The molecule has 4 aliphatic rings. The van der Waals surface area contributed by atoms with Crippen LogP contribution in [0.3, 0.4) is 0 Å². The van der Waals surface area contributed by atoms with E-state index in [0.29, 0.717) is 23.1 Å². The van der Waals surface area contributed by atoms with Crippen molar-refractivity contribution in [3.63, 3.8) is 0 Å². The van der Waals surface area contributed by atoms with Crippen LogP contribution in [-0.2, 0) is 25.7 Å². The van der Waals surface area contributed by atoms with Crippen LogP contribution < -0.4 is 34.7 Å². The molecule has 1 aromatic heterocycles. The summed E-state index contributed by atoms with van der Waals surface area (Å²) in [6, 6.07) is 0. The third-order valence-electron chi connectivity index (χ3n) is 5.83. The average Bonchev–Trinajstić information content (AvgIpc) is 3.40. The fraction of sp³-hybridized carbons (Fsp3) is 0.444. The molecular weight excluding hydrogens is 393 g/mol. The number of β-lactam (4-membered cyclic amide) rings is 1. The van der Waals surface area contributed by atoms with Crippen molar-refractivity contribution < 1.29 is 53.8 Å². The van der Waals surface area contributed by atoms with Crippen molar-refractivity contribution in [1.82, 2.24) is 14.7 Å². The molecule has 8 nitrogen and oxygen atoms in total. The van der Waals surface area contributed by atoms with Gasteiger partial charge in [-0.3, -0.25) is 19.2 Å². The Labute approximate surface area is 187 Å². The van der Waals surface area contributed by atoms with Gasteiger partial charge in [0.2, 0.25) is 0 Å². The van der Waals surface area contributed by atoms with Crippen molar-refractivity contribution in [2.24, 2.45) is 0 Å². The summed E-state index contributed by atoms with van der Waals surface area (Å²) in [5.74, 6) is -1.24. The molecule has 1 saturated carbocycles. The van der Waals surface area contributed by atoms with E-state index in [4.69, 9.17) is 4.74 Å². The van der Waals surface area contributed by atoms with Crippen LogP contribution in [0.15, 0.2) is 16.7 Å². The number of fused-ring (bicyclic) bond motifs is 6. The topological polar surface area (TPSA) is 105 Å². The second kappa shape index (κ2) is 7.05. The van der Waals surface area contributed by atoms with Crippen molar-refractivity contribution >= 4 is 35.7 Å². The number of thioether (sulfide) groups is 1. The maximum atomic E-state index is 12.5. The van der Waals surface area contributed by atoms with Crippen LogP contribution in [-0.4, -0.2) is 45.0 Å². The van der Waals surface area contributed by atoms with E-state index in [2.05, 4.69) is 5.10 Å². The molecule has 2 aliphatic carbocycles. The number of rotatable bonds is 4. The molecule has 0 spiro atoms. The summed E-state index contributed by atoms with van der Waals surface area (Å²) in [4.78, 5) is 36.6. The van der Waals surface area contributed by atoms with E-state index in [0.717, 1.165) is 30.5 Å². The van der Waals surface area contributed by atoms with Gasteiger partial charge >= 0.3 is 35.5 Å². The minimum atomic E-state index is -1.35. The number of aromatic nitrogens is 2. The van der Waals surface area contributed by atoms with Crippen molar-refractivity contribution in [2.75, 3.05) is 7.11 Å². The summed E-state index contributed by atoms with van der Waals surface area (Å²) in [7, 11) is 1.35. The number of carboxylic acids is 1. The summed E-state index contributed by atoms with van der Waals surface area (Å²) in [5, 5.41) is 16.8. The Morgan fingerprint density at radius 2 is 2.14 bits per heavy atom. The number of aliphatic carboxylic acids is 1. The van der Waals surface area contributed by atoms with E-state index in [9.17, 15) is 19.5 Å². The van der Waals surface area contributed by atoms with Gasteiger partial charge in [-0.25, -0.2) is 0 Å². The van der Waals surface area contributed by atoms with Crippen LogP contribution in [0.4, 0.5) is 0 Å². The maximum Gasteiger partial charge on any atom is 1.00 e. The maximum absolute atomic E-state index is 12.5. The number of nitrogens with zero attached hydrogens (tertiary/aromatic N) is 3. The Morgan fingerprint density at radius 1 is 1.39 bits per heavy atom. The Balaban J connectivity index is 0.00000192. The van der Waals surface area contributed by atoms with Crippen LogP contribution >= 0.6 is 11.8 Å². The third kappa shape index (κ3) is 2.71. The number of hydrogen-bond acceptors (Lipinski definition) is 7. The second-order valence-electron chi connectivity index (χ2n) is 7.18. The molecule has 1 aromatic rings. The van der Waals surface area contributed by atoms with Crippen molar-refractivity contribution in [3.05, 3.63) is 33.6 Å². The summed E-state index contributed by atoms with van der Waals surface area (Å²) >= 11 is 1.27. The summed E-state index contributed by atoms with van der Waals surface area (Å²) < 4.78 is 6.49. The zero-order chi connectivity index (χ0) is 18.9. The third-order valence-corrected chi connectivity index (χ3v) is 6.91. The van der Waals surface area contributed by atoms with E-state index >= 15 is 0 Å². The van der Waals surface area contributed by atoms with Gasteiger partial charge in [0.1, 0.15) is 11.9 Å². The van der Waals surface area contributed by atoms with Crippen LogP contribution in [0, 0.1) is 0 Å². The molecule has 1 saturated heterocycles. The molecule has 0 N–H and O–H groups in total. The fourth-order valence-electron chi connectivity index (χ4n) is 4.67. The Kier molecular flexibility index (Phi) is 4.97. The molecule has 2 fully saturated rings. The molecule has 1 amide bonds. The first-order valence-electron chi connectivity index (χ1n) is 8.79. The first-order chi connectivity index (χ1) is 13.0. The predicted molar refractivity (Wildman–Crippen MR) is 92.9 cm³/mol. The van der Waals surface area contributed by atoms with Gasteiger partial charge in [0.05, 0.1) is 30.0 Å². The average molecular weight is 409 g/mol. The molecule has 0 aromatic carbocycles. The van der Waals surface area contributed by atoms with Gasteiger partial charge in [-0.2, -0.15) is 5.10 Å². The number of esters is 1. The van der Waals surface area contributed by atoms with E-state index in [1.807, 2.05) is 0 Å². The fourth-order valence-corrected chi connectivity index (χ4v) is 5.78. The van der Waals surface area contributed by atoms with E-state index < -0.39 is 5.97 Å². The SMILES string of the molecule is COC(=O)Cn1nc(C=C2C(=O)N3C(C(=O)[O-])=CS[C@H]23)c2c1C1CCC2C1.[Na+]. The van der Waals surface area contributed by atoms with E-state index in [1.54, 1.807) is 10.8 Å². The van der Waals surface area contributed by atoms with Crippen LogP contribution in [0.5, 0.6) is 0 Å². The minimum absolute atomic E-state index is 0. The van der Waals surface area contributed by atoms with Crippen molar-refractivity contribution in [2.45, 2.75) is 43.0 Å². The number of methoxy groups -OCH3 is 1. The molecule has 3 heterocycles. The van der Waals surface area contributed by atoms with Crippen LogP contribution in [0.2, 0.25) is 0 Å². The smallest absolute Gasteiger partial charge is 0.543 e. The monoisotopic (exact) mass is 409 g/mol. The number of hydrogen-bond donors (Lipinski definition) is 0. The van der Waals surface area contributed by atoms with Gasteiger partial charge in [-0.1, -0.05) is 0 Å². The molecular formula is C18H16N3NaO5S. The van der Waals surface area contributed by atoms with Crippen LogP contribution in [0.1, 0.15) is 48.0 Å². The molecule has 10 heteroatoms. The van der Waals surface area contributed by atoms with Crippen molar-refractivity contribution in [3.8, 4) is 0 Å². The second-order valence-corrected chi connectivity index (χ2v) is 8.13. The van der Waals surface area contributed by atoms with Gasteiger partial charge in [0, 0.05) is 17.2 Å².